The van der Waals surface area contributed by atoms with E-state index in [1.807, 2.05) is 6.92 Å². The van der Waals surface area contributed by atoms with E-state index >= 15 is 0 Å². The zero-order valence-corrected chi connectivity index (χ0v) is 11.1. The molecule has 0 aromatic carbocycles. The van der Waals surface area contributed by atoms with Crippen LogP contribution >= 0.6 is 0 Å². The fourth-order valence-electron chi connectivity index (χ4n) is 1.78. The highest BCUT2D eigenvalue weighted by Gasteiger charge is 2.31. The first-order valence-corrected chi connectivity index (χ1v) is 7.39. The summed E-state index contributed by atoms with van der Waals surface area (Å²) in [6, 6.07) is 0.0723. The van der Waals surface area contributed by atoms with Crippen molar-refractivity contribution < 1.29 is 17.9 Å². The fourth-order valence-corrected chi connectivity index (χ4v) is 3.52. The van der Waals surface area contributed by atoms with Crippen molar-refractivity contribution in [1.82, 2.24) is 9.62 Å². The van der Waals surface area contributed by atoms with Crippen molar-refractivity contribution in [3.63, 3.8) is 0 Å². The summed E-state index contributed by atoms with van der Waals surface area (Å²) < 4.78 is 30.0. The third kappa shape index (κ3) is 3.93. The molecule has 0 saturated carbocycles. The average Bonchev–Trinajstić information content (AvgIpc) is 2.22. The highest BCUT2D eigenvalue weighted by atomic mass is 32.2. The predicted octanol–water partition coefficient (Wildman–Crippen LogP) is -0.437. The van der Waals surface area contributed by atoms with Gasteiger partial charge in [-0.05, 0) is 6.42 Å². The molecule has 0 amide bonds. The highest BCUT2D eigenvalue weighted by Crippen LogP contribution is 2.12. The summed E-state index contributed by atoms with van der Waals surface area (Å²) in [6.45, 7) is 3.73. The van der Waals surface area contributed by atoms with E-state index in [2.05, 4.69) is 10.1 Å². The topological polar surface area (TPSA) is 75.7 Å². The smallest absolute Gasteiger partial charge is 0.305 e. The van der Waals surface area contributed by atoms with Gasteiger partial charge in [-0.2, -0.15) is 4.31 Å². The third-order valence-electron chi connectivity index (χ3n) is 2.85. The van der Waals surface area contributed by atoms with Gasteiger partial charge in [0.05, 0.1) is 12.9 Å². The zero-order chi connectivity index (χ0) is 12.9. The molecule has 0 aromatic rings. The van der Waals surface area contributed by atoms with E-state index in [4.69, 9.17) is 0 Å². The van der Waals surface area contributed by atoms with Crippen LogP contribution in [-0.4, -0.2) is 57.2 Å². The minimum atomic E-state index is -3.25. The van der Waals surface area contributed by atoms with Gasteiger partial charge in [0.2, 0.25) is 10.0 Å². The van der Waals surface area contributed by atoms with Gasteiger partial charge in [-0.1, -0.05) is 6.92 Å². The maximum absolute atomic E-state index is 12.0. The standard InChI is InChI=1S/C10H20N2O4S/c1-3-12(9-7-11-8-9)17(14,15)6-4-5-10(13)16-2/h9,11H,3-8H2,1-2H3. The molecule has 1 fully saturated rings. The Morgan fingerprint density at radius 1 is 1.47 bits per heavy atom. The van der Waals surface area contributed by atoms with Gasteiger partial charge in [0.25, 0.3) is 0 Å². The van der Waals surface area contributed by atoms with E-state index in [-0.39, 0.29) is 24.2 Å². The van der Waals surface area contributed by atoms with Gasteiger partial charge in [0, 0.05) is 32.1 Å². The van der Waals surface area contributed by atoms with Gasteiger partial charge in [0.1, 0.15) is 0 Å². The van der Waals surface area contributed by atoms with Crippen LogP contribution in [0.15, 0.2) is 0 Å². The summed E-state index contributed by atoms with van der Waals surface area (Å²) in [5.74, 6) is -0.361. The first kappa shape index (κ1) is 14.4. The Bertz CT molecular complexity index is 351. The van der Waals surface area contributed by atoms with Crippen LogP contribution in [0, 0.1) is 0 Å². The molecule has 1 N–H and O–H groups in total. The monoisotopic (exact) mass is 264 g/mol. The summed E-state index contributed by atoms with van der Waals surface area (Å²) in [5, 5.41) is 3.05. The second-order valence-electron chi connectivity index (χ2n) is 4.01. The number of likely N-dealkylation sites (N-methyl/N-ethyl adjacent to an activating group) is 1. The summed E-state index contributed by atoms with van der Waals surface area (Å²) in [5.41, 5.74) is 0. The van der Waals surface area contributed by atoms with Crippen molar-refractivity contribution in [1.29, 1.82) is 0 Å². The lowest BCUT2D eigenvalue weighted by atomic mass is 10.2. The first-order chi connectivity index (χ1) is 8.01. The normalized spacial score (nSPS) is 16.9. The van der Waals surface area contributed by atoms with E-state index < -0.39 is 10.0 Å². The van der Waals surface area contributed by atoms with E-state index in [1.54, 1.807) is 0 Å². The molecule has 17 heavy (non-hydrogen) atoms. The summed E-state index contributed by atoms with van der Waals surface area (Å²) in [4.78, 5) is 10.9. The third-order valence-corrected chi connectivity index (χ3v) is 4.92. The second kappa shape index (κ2) is 6.32. The van der Waals surface area contributed by atoms with Crippen LogP contribution in [0.1, 0.15) is 19.8 Å². The summed E-state index contributed by atoms with van der Waals surface area (Å²) in [7, 11) is -1.95. The van der Waals surface area contributed by atoms with Gasteiger partial charge >= 0.3 is 5.97 Å². The van der Waals surface area contributed by atoms with E-state index in [1.165, 1.54) is 11.4 Å². The molecule has 6 nitrogen and oxygen atoms in total. The number of esters is 1. The SMILES string of the molecule is CCN(C1CNC1)S(=O)(=O)CCCC(=O)OC. The van der Waals surface area contributed by atoms with Crippen LogP contribution in [0.25, 0.3) is 0 Å². The maximum atomic E-state index is 12.0. The number of methoxy groups -OCH3 is 1. The van der Waals surface area contributed by atoms with Crippen LogP contribution in [-0.2, 0) is 19.6 Å². The van der Waals surface area contributed by atoms with Gasteiger partial charge < -0.3 is 10.1 Å². The Morgan fingerprint density at radius 2 is 2.12 bits per heavy atom. The molecule has 1 aliphatic heterocycles. The first-order valence-electron chi connectivity index (χ1n) is 5.78. The van der Waals surface area contributed by atoms with Crippen molar-refractivity contribution in [3.05, 3.63) is 0 Å². The van der Waals surface area contributed by atoms with Crippen LogP contribution in [0.3, 0.4) is 0 Å². The molecule has 1 heterocycles. The Hall–Kier alpha value is -0.660. The Kier molecular flexibility index (Phi) is 5.35. The molecular formula is C10H20N2O4S. The zero-order valence-electron chi connectivity index (χ0n) is 10.3. The predicted molar refractivity (Wildman–Crippen MR) is 64.1 cm³/mol. The van der Waals surface area contributed by atoms with E-state index in [9.17, 15) is 13.2 Å². The molecule has 7 heteroatoms. The molecule has 0 aliphatic carbocycles. The minimum absolute atomic E-state index is 0.00639. The van der Waals surface area contributed by atoms with Gasteiger partial charge in [-0.3, -0.25) is 4.79 Å². The van der Waals surface area contributed by atoms with E-state index in [0.29, 0.717) is 26.1 Å². The second-order valence-corrected chi connectivity index (χ2v) is 6.05. The van der Waals surface area contributed by atoms with Crippen molar-refractivity contribution in [2.75, 3.05) is 32.5 Å². The highest BCUT2D eigenvalue weighted by molar-refractivity contribution is 7.89. The van der Waals surface area contributed by atoms with Crippen LogP contribution in [0.2, 0.25) is 0 Å². The van der Waals surface area contributed by atoms with Crippen LogP contribution < -0.4 is 5.32 Å². The number of nitrogens with one attached hydrogen (secondary N) is 1. The number of rotatable bonds is 7. The van der Waals surface area contributed by atoms with Gasteiger partial charge in [-0.15, -0.1) is 0 Å². The lowest BCUT2D eigenvalue weighted by Gasteiger charge is -2.36. The Labute approximate surface area is 102 Å². The molecule has 0 aromatic heterocycles. The number of carbonyl (C=O) groups excluding carboxylic acids is 1. The molecule has 0 bridgehead atoms. The molecule has 1 aliphatic rings. The molecule has 1 rings (SSSR count). The molecule has 0 atom stereocenters. The summed E-state index contributed by atoms with van der Waals surface area (Å²) in [6.07, 6.45) is 0.460. The van der Waals surface area contributed by atoms with Crippen molar-refractivity contribution in [2.24, 2.45) is 0 Å². The molecule has 1 saturated heterocycles. The fraction of sp³-hybridized carbons (Fsp3) is 0.900. The van der Waals surface area contributed by atoms with Crippen molar-refractivity contribution in [3.8, 4) is 0 Å². The number of carbonyl (C=O) groups is 1. The molecule has 0 spiro atoms. The quantitative estimate of drug-likeness (QED) is 0.631. The summed E-state index contributed by atoms with van der Waals surface area (Å²) >= 11 is 0. The maximum Gasteiger partial charge on any atom is 0.305 e. The molecule has 0 radical (unpaired) electrons. The van der Waals surface area contributed by atoms with Crippen LogP contribution in [0.4, 0.5) is 0 Å². The average molecular weight is 264 g/mol. The molecule has 0 unspecified atom stereocenters. The van der Waals surface area contributed by atoms with E-state index in [0.717, 1.165) is 0 Å². The lowest BCUT2D eigenvalue weighted by molar-refractivity contribution is -0.140. The molecule has 100 valence electrons. The lowest BCUT2D eigenvalue weighted by Crippen LogP contribution is -2.59. The van der Waals surface area contributed by atoms with Crippen LogP contribution in [0.5, 0.6) is 0 Å². The van der Waals surface area contributed by atoms with Crippen molar-refractivity contribution >= 4 is 16.0 Å². The number of ether oxygens (including phenoxy) is 1. The Balaban J connectivity index is 2.45. The number of sulfonamides is 1. The molecular weight excluding hydrogens is 244 g/mol. The van der Waals surface area contributed by atoms with Gasteiger partial charge in [0.15, 0.2) is 0 Å². The van der Waals surface area contributed by atoms with Gasteiger partial charge in [-0.25, -0.2) is 8.42 Å². The minimum Gasteiger partial charge on any atom is -0.469 e. The number of hydrogen-bond donors (Lipinski definition) is 1. The number of hydrogen-bond acceptors (Lipinski definition) is 5. The largest absolute Gasteiger partial charge is 0.469 e. The Morgan fingerprint density at radius 3 is 2.53 bits per heavy atom. The number of nitrogens with zero attached hydrogens (tertiary/aromatic N) is 1. The van der Waals surface area contributed by atoms with Crippen molar-refractivity contribution in [2.45, 2.75) is 25.8 Å².